The van der Waals surface area contributed by atoms with Gasteiger partial charge in [0.25, 0.3) is 0 Å². The number of guanidine groups is 1. The van der Waals surface area contributed by atoms with Crippen molar-refractivity contribution < 1.29 is 9.47 Å². The summed E-state index contributed by atoms with van der Waals surface area (Å²) >= 11 is 0. The molecule has 0 aliphatic carbocycles. The Morgan fingerprint density at radius 1 is 1.25 bits per heavy atom. The zero-order chi connectivity index (χ0) is 19.8. The van der Waals surface area contributed by atoms with Gasteiger partial charge in [0.1, 0.15) is 11.6 Å². The van der Waals surface area contributed by atoms with Crippen molar-refractivity contribution >= 4 is 11.8 Å². The first-order valence-corrected chi connectivity index (χ1v) is 9.57. The molecule has 0 amide bonds. The van der Waals surface area contributed by atoms with Gasteiger partial charge < -0.3 is 25.0 Å². The summed E-state index contributed by atoms with van der Waals surface area (Å²) in [6.07, 6.45) is 2.16. The highest BCUT2D eigenvalue weighted by Crippen LogP contribution is 2.17. The number of hydrogen-bond donors (Lipinski definition) is 2. The fraction of sp³-hybridized carbons (Fsp3) is 0.429. The number of anilines is 1. The molecule has 2 heterocycles. The summed E-state index contributed by atoms with van der Waals surface area (Å²) < 4.78 is 11.0. The molecular weight excluding hydrogens is 354 g/mol. The first kappa shape index (κ1) is 19.9. The Bertz CT molecular complexity index is 779. The minimum absolute atomic E-state index is 0.245. The minimum atomic E-state index is 0.245. The monoisotopic (exact) mass is 383 g/mol. The van der Waals surface area contributed by atoms with Gasteiger partial charge in [0.05, 0.1) is 19.8 Å². The van der Waals surface area contributed by atoms with E-state index >= 15 is 0 Å². The highest BCUT2D eigenvalue weighted by molar-refractivity contribution is 5.79. The molecule has 1 aliphatic heterocycles. The number of methoxy groups -OCH3 is 1. The predicted octanol–water partition coefficient (Wildman–Crippen LogP) is 2.18. The molecule has 2 N–H and O–H groups in total. The summed E-state index contributed by atoms with van der Waals surface area (Å²) in [6, 6.07) is 12.1. The van der Waals surface area contributed by atoms with Crippen molar-refractivity contribution in [3.63, 3.8) is 0 Å². The lowest BCUT2D eigenvalue weighted by atomic mass is 10.2. The molecular formula is C21H29N5O2. The maximum Gasteiger partial charge on any atom is 0.191 e. The molecule has 1 unspecified atom stereocenters. The SMILES string of the molecule is CN=C(NCc1ccc(N2CCOC(C)C2)nc1)NCc1ccccc1OC. The van der Waals surface area contributed by atoms with Crippen LogP contribution in [-0.2, 0) is 17.8 Å². The summed E-state index contributed by atoms with van der Waals surface area (Å²) in [4.78, 5) is 11.2. The normalized spacial score (nSPS) is 17.3. The fourth-order valence-electron chi connectivity index (χ4n) is 3.17. The van der Waals surface area contributed by atoms with Crippen molar-refractivity contribution in [3.05, 3.63) is 53.7 Å². The van der Waals surface area contributed by atoms with Crippen LogP contribution in [0.1, 0.15) is 18.1 Å². The maximum absolute atomic E-state index is 5.59. The molecule has 0 saturated carbocycles. The molecule has 1 aromatic heterocycles. The molecule has 1 aromatic carbocycles. The molecule has 28 heavy (non-hydrogen) atoms. The van der Waals surface area contributed by atoms with Gasteiger partial charge in [0, 0.05) is 45.0 Å². The Kier molecular flexibility index (Phi) is 7.08. The van der Waals surface area contributed by atoms with Gasteiger partial charge in [-0.15, -0.1) is 0 Å². The molecule has 7 nitrogen and oxygen atoms in total. The minimum Gasteiger partial charge on any atom is -0.496 e. The third-order valence-electron chi connectivity index (χ3n) is 4.70. The summed E-state index contributed by atoms with van der Waals surface area (Å²) in [6.45, 7) is 5.89. The molecule has 2 aromatic rings. The first-order valence-electron chi connectivity index (χ1n) is 9.57. The van der Waals surface area contributed by atoms with Crippen LogP contribution in [0.3, 0.4) is 0 Å². The number of para-hydroxylation sites is 1. The number of pyridine rings is 1. The summed E-state index contributed by atoms with van der Waals surface area (Å²) in [5, 5.41) is 6.64. The molecule has 7 heteroatoms. The van der Waals surface area contributed by atoms with E-state index in [1.54, 1.807) is 14.2 Å². The molecule has 1 atom stereocenters. The quantitative estimate of drug-likeness (QED) is 0.589. The van der Waals surface area contributed by atoms with Gasteiger partial charge in [-0.05, 0) is 24.6 Å². The van der Waals surface area contributed by atoms with Crippen molar-refractivity contribution in [1.29, 1.82) is 0 Å². The Hall–Kier alpha value is -2.80. The van der Waals surface area contributed by atoms with E-state index in [1.165, 1.54) is 0 Å². The van der Waals surface area contributed by atoms with Gasteiger partial charge in [-0.25, -0.2) is 4.98 Å². The van der Waals surface area contributed by atoms with Crippen molar-refractivity contribution in [2.45, 2.75) is 26.1 Å². The van der Waals surface area contributed by atoms with Gasteiger partial charge in [0.2, 0.25) is 0 Å². The highest BCUT2D eigenvalue weighted by Gasteiger charge is 2.17. The van der Waals surface area contributed by atoms with Crippen LogP contribution in [0.4, 0.5) is 5.82 Å². The predicted molar refractivity (Wildman–Crippen MR) is 112 cm³/mol. The summed E-state index contributed by atoms with van der Waals surface area (Å²) in [5.74, 6) is 2.59. The van der Waals surface area contributed by atoms with Crippen LogP contribution in [0, 0.1) is 0 Å². The second-order valence-corrected chi connectivity index (χ2v) is 6.74. The third-order valence-corrected chi connectivity index (χ3v) is 4.70. The zero-order valence-electron chi connectivity index (χ0n) is 16.8. The number of nitrogens with zero attached hydrogens (tertiary/aromatic N) is 3. The lowest BCUT2D eigenvalue weighted by Crippen LogP contribution is -2.41. The van der Waals surface area contributed by atoms with Gasteiger partial charge >= 0.3 is 0 Å². The molecule has 0 spiro atoms. The van der Waals surface area contributed by atoms with E-state index in [4.69, 9.17) is 9.47 Å². The Morgan fingerprint density at radius 2 is 2.07 bits per heavy atom. The fourth-order valence-corrected chi connectivity index (χ4v) is 3.17. The van der Waals surface area contributed by atoms with Crippen molar-refractivity contribution in [2.24, 2.45) is 4.99 Å². The largest absolute Gasteiger partial charge is 0.496 e. The average molecular weight is 383 g/mol. The van der Waals surface area contributed by atoms with E-state index in [-0.39, 0.29) is 6.10 Å². The van der Waals surface area contributed by atoms with Gasteiger partial charge in [-0.2, -0.15) is 0 Å². The number of morpholine rings is 1. The summed E-state index contributed by atoms with van der Waals surface area (Å²) in [5.41, 5.74) is 2.18. The van der Waals surface area contributed by atoms with Crippen molar-refractivity contribution in [3.8, 4) is 5.75 Å². The number of ether oxygens (including phenoxy) is 2. The van der Waals surface area contributed by atoms with E-state index in [1.807, 2.05) is 30.5 Å². The molecule has 3 rings (SSSR count). The molecule has 1 saturated heterocycles. The van der Waals surface area contributed by atoms with Crippen LogP contribution in [0.5, 0.6) is 5.75 Å². The highest BCUT2D eigenvalue weighted by atomic mass is 16.5. The first-order chi connectivity index (χ1) is 13.7. The number of rotatable bonds is 6. The average Bonchev–Trinajstić information content (AvgIpc) is 2.74. The number of aliphatic imine (C=N–C) groups is 1. The smallest absolute Gasteiger partial charge is 0.191 e. The van der Waals surface area contributed by atoms with E-state index in [9.17, 15) is 0 Å². The molecule has 150 valence electrons. The number of aromatic nitrogens is 1. The van der Waals surface area contributed by atoms with Gasteiger partial charge in [-0.1, -0.05) is 24.3 Å². The zero-order valence-corrected chi connectivity index (χ0v) is 16.8. The van der Waals surface area contributed by atoms with Crippen LogP contribution in [0.15, 0.2) is 47.6 Å². The lowest BCUT2D eigenvalue weighted by molar-refractivity contribution is 0.0529. The van der Waals surface area contributed by atoms with Crippen molar-refractivity contribution in [1.82, 2.24) is 15.6 Å². The Labute approximate surface area is 166 Å². The van der Waals surface area contributed by atoms with Gasteiger partial charge in [0.15, 0.2) is 5.96 Å². The molecule has 1 aliphatic rings. The van der Waals surface area contributed by atoms with Crippen LogP contribution < -0.4 is 20.3 Å². The van der Waals surface area contributed by atoms with Crippen LogP contribution in [0.25, 0.3) is 0 Å². The Morgan fingerprint density at radius 3 is 2.79 bits per heavy atom. The molecule has 0 bridgehead atoms. The summed E-state index contributed by atoms with van der Waals surface area (Å²) in [7, 11) is 3.44. The van der Waals surface area contributed by atoms with Crippen molar-refractivity contribution in [2.75, 3.05) is 38.8 Å². The number of hydrogen-bond acceptors (Lipinski definition) is 5. The van der Waals surface area contributed by atoms with Gasteiger partial charge in [-0.3, -0.25) is 4.99 Å². The topological polar surface area (TPSA) is 71.0 Å². The second kappa shape index (κ2) is 9.94. The van der Waals surface area contributed by atoms with E-state index < -0.39 is 0 Å². The van der Waals surface area contributed by atoms with E-state index in [2.05, 4.69) is 44.6 Å². The molecule has 1 fully saturated rings. The van der Waals surface area contributed by atoms with E-state index in [0.717, 1.165) is 48.4 Å². The number of benzene rings is 1. The van der Waals surface area contributed by atoms with Crippen LogP contribution in [0.2, 0.25) is 0 Å². The maximum atomic E-state index is 5.59. The molecule has 0 radical (unpaired) electrons. The Balaban J connectivity index is 1.51. The van der Waals surface area contributed by atoms with Crippen LogP contribution in [-0.4, -0.2) is 50.9 Å². The second-order valence-electron chi connectivity index (χ2n) is 6.74. The number of nitrogens with one attached hydrogen (secondary N) is 2. The lowest BCUT2D eigenvalue weighted by Gasteiger charge is -2.32. The van der Waals surface area contributed by atoms with E-state index in [0.29, 0.717) is 13.1 Å². The standard InChI is InChI=1S/C21H29N5O2/c1-16-15-26(10-11-28-16)20-9-8-17(12-23-20)13-24-21(22-2)25-14-18-6-4-5-7-19(18)27-3/h4-9,12,16H,10-11,13-15H2,1-3H3,(H2,22,24,25). The van der Waals surface area contributed by atoms with Crippen LogP contribution >= 0.6 is 0 Å². The third kappa shape index (κ3) is 5.36.